The Balaban J connectivity index is 1.74. The van der Waals surface area contributed by atoms with Crippen molar-refractivity contribution in [3.8, 4) is 0 Å². The number of thioether (sulfide) groups is 1. The summed E-state index contributed by atoms with van der Waals surface area (Å²) in [4.78, 5) is 16.9. The van der Waals surface area contributed by atoms with Gasteiger partial charge in [0.25, 0.3) is 0 Å². The van der Waals surface area contributed by atoms with E-state index in [2.05, 4.69) is 13.8 Å². The molecule has 0 aromatic heterocycles. The van der Waals surface area contributed by atoms with Gasteiger partial charge in [0.2, 0.25) is 5.91 Å². The summed E-state index contributed by atoms with van der Waals surface area (Å²) in [5.74, 6) is -0.0527. The molecule has 0 unspecified atom stereocenters. The minimum absolute atomic E-state index is 0.00237. The van der Waals surface area contributed by atoms with Crippen molar-refractivity contribution >= 4 is 29.3 Å². The lowest BCUT2D eigenvalue weighted by molar-refractivity contribution is -0.132. The van der Waals surface area contributed by atoms with Crippen molar-refractivity contribution in [2.45, 2.75) is 25.8 Å². The molecule has 0 bridgehead atoms. The van der Waals surface area contributed by atoms with Crippen LogP contribution >= 0.6 is 23.4 Å². The first-order chi connectivity index (χ1) is 13.8. The van der Waals surface area contributed by atoms with Crippen molar-refractivity contribution in [1.29, 1.82) is 0 Å². The van der Waals surface area contributed by atoms with E-state index in [1.807, 2.05) is 34.1 Å². The Kier molecular flexibility index (Phi) is 7.55. The van der Waals surface area contributed by atoms with Crippen LogP contribution in [0.2, 0.25) is 5.02 Å². The third-order valence-corrected chi connectivity index (χ3v) is 6.28. The summed E-state index contributed by atoms with van der Waals surface area (Å²) >= 11 is 8.05. The fourth-order valence-corrected chi connectivity index (χ4v) is 5.22. The van der Waals surface area contributed by atoms with Gasteiger partial charge in [0.1, 0.15) is 17.0 Å². The van der Waals surface area contributed by atoms with Gasteiger partial charge < -0.3 is 4.90 Å². The Morgan fingerprint density at radius 3 is 2.59 bits per heavy atom. The summed E-state index contributed by atoms with van der Waals surface area (Å²) in [6.45, 7) is 5.93. The van der Waals surface area contributed by atoms with Crippen LogP contribution in [0.4, 0.5) is 8.78 Å². The van der Waals surface area contributed by atoms with E-state index in [1.165, 1.54) is 12.1 Å². The zero-order chi connectivity index (χ0) is 21.0. The van der Waals surface area contributed by atoms with Crippen LogP contribution in [-0.4, -0.2) is 41.1 Å². The summed E-state index contributed by atoms with van der Waals surface area (Å²) in [5.41, 5.74) is 1.46. The van der Waals surface area contributed by atoms with E-state index in [9.17, 15) is 13.6 Å². The number of halogens is 3. The minimum atomic E-state index is -0.606. The van der Waals surface area contributed by atoms with Gasteiger partial charge >= 0.3 is 0 Å². The number of hydrogen-bond acceptors (Lipinski definition) is 3. The predicted molar refractivity (Wildman–Crippen MR) is 115 cm³/mol. The van der Waals surface area contributed by atoms with Crippen molar-refractivity contribution < 1.29 is 13.6 Å². The summed E-state index contributed by atoms with van der Waals surface area (Å²) in [6.07, 6.45) is 0. The van der Waals surface area contributed by atoms with Crippen molar-refractivity contribution in [3.63, 3.8) is 0 Å². The van der Waals surface area contributed by atoms with Gasteiger partial charge in [0.05, 0.1) is 6.54 Å². The van der Waals surface area contributed by atoms with Crippen molar-refractivity contribution in [1.82, 2.24) is 9.80 Å². The maximum atomic E-state index is 13.6. The van der Waals surface area contributed by atoms with Crippen LogP contribution < -0.4 is 0 Å². The Bertz CT molecular complexity index is 844. The van der Waals surface area contributed by atoms with Crippen molar-refractivity contribution in [3.05, 3.63) is 70.2 Å². The van der Waals surface area contributed by atoms with Gasteiger partial charge in [0.15, 0.2) is 0 Å². The number of carbonyl (C=O) groups is 1. The summed E-state index contributed by atoms with van der Waals surface area (Å²) in [5, 5.41) is 0.544. The van der Waals surface area contributed by atoms with Crippen LogP contribution in [0.5, 0.6) is 0 Å². The van der Waals surface area contributed by atoms with E-state index < -0.39 is 11.6 Å². The molecule has 1 aliphatic rings. The molecule has 3 nitrogen and oxygen atoms in total. The van der Waals surface area contributed by atoms with Gasteiger partial charge in [-0.15, -0.1) is 11.8 Å². The SMILES string of the molecule is CC(C)CN(CC(=O)N1CCS[C@H]1c1ccccc1Cl)Cc1cc(F)cc(F)c1. The van der Waals surface area contributed by atoms with E-state index >= 15 is 0 Å². The van der Waals surface area contributed by atoms with Gasteiger partial charge in [-0.25, -0.2) is 8.78 Å². The third kappa shape index (κ3) is 5.93. The summed E-state index contributed by atoms with van der Waals surface area (Å²) in [6, 6.07) is 11.1. The molecule has 2 aromatic rings. The van der Waals surface area contributed by atoms with E-state index in [-0.39, 0.29) is 17.8 Å². The highest BCUT2D eigenvalue weighted by Gasteiger charge is 2.32. The van der Waals surface area contributed by atoms with E-state index in [0.29, 0.717) is 36.1 Å². The Morgan fingerprint density at radius 2 is 1.93 bits per heavy atom. The smallest absolute Gasteiger partial charge is 0.237 e. The number of rotatable bonds is 7. The predicted octanol–water partition coefficient (Wildman–Crippen LogP) is 5.35. The number of amides is 1. The quantitative estimate of drug-likeness (QED) is 0.582. The van der Waals surface area contributed by atoms with Crippen molar-refractivity contribution in [2.24, 2.45) is 5.92 Å². The lowest BCUT2D eigenvalue weighted by Gasteiger charge is -2.29. The van der Waals surface area contributed by atoms with Crippen LogP contribution in [-0.2, 0) is 11.3 Å². The molecule has 7 heteroatoms. The molecule has 1 atom stereocenters. The monoisotopic (exact) mass is 438 g/mol. The van der Waals surface area contributed by atoms with E-state index in [1.54, 1.807) is 11.8 Å². The van der Waals surface area contributed by atoms with Gasteiger partial charge in [0, 0.05) is 42.0 Å². The first-order valence-electron chi connectivity index (χ1n) is 9.66. The molecule has 0 spiro atoms. The minimum Gasteiger partial charge on any atom is -0.325 e. The second kappa shape index (κ2) is 9.92. The topological polar surface area (TPSA) is 23.6 Å². The second-order valence-corrected chi connectivity index (χ2v) is 9.27. The van der Waals surface area contributed by atoms with Gasteiger partial charge in [-0.3, -0.25) is 9.69 Å². The van der Waals surface area contributed by atoms with E-state index in [4.69, 9.17) is 11.6 Å². The van der Waals surface area contributed by atoms with Crippen LogP contribution in [0.15, 0.2) is 42.5 Å². The van der Waals surface area contributed by atoms with Gasteiger partial charge in [-0.05, 0) is 29.7 Å². The Hall–Kier alpha value is -1.63. The highest BCUT2D eigenvalue weighted by atomic mass is 35.5. The number of benzene rings is 2. The zero-order valence-corrected chi connectivity index (χ0v) is 18.1. The molecule has 2 aromatic carbocycles. The molecular weight excluding hydrogens is 414 g/mol. The average Bonchev–Trinajstić information content (AvgIpc) is 3.10. The fraction of sp³-hybridized carbons (Fsp3) is 0.409. The molecule has 0 radical (unpaired) electrons. The normalized spacial score (nSPS) is 16.8. The standard InChI is InChI=1S/C22H25ClF2N2OS/c1-15(2)12-26(13-16-9-17(24)11-18(25)10-16)14-21(28)27-7-8-29-22(27)19-5-3-4-6-20(19)23/h3-6,9-11,15,22H,7-8,12-14H2,1-2H3/t22-/m0/s1. The molecule has 1 fully saturated rings. The molecule has 1 amide bonds. The van der Waals surface area contributed by atoms with Crippen LogP contribution in [0.25, 0.3) is 0 Å². The van der Waals surface area contributed by atoms with E-state index in [0.717, 1.165) is 17.4 Å². The van der Waals surface area contributed by atoms with Crippen LogP contribution in [0.1, 0.15) is 30.3 Å². The Morgan fingerprint density at radius 1 is 1.24 bits per heavy atom. The number of hydrogen-bond donors (Lipinski definition) is 0. The molecule has 0 saturated carbocycles. The highest BCUT2D eigenvalue weighted by molar-refractivity contribution is 7.99. The zero-order valence-electron chi connectivity index (χ0n) is 16.6. The van der Waals surface area contributed by atoms with Gasteiger partial charge in [-0.1, -0.05) is 43.6 Å². The molecule has 1 saturated heterocycles. The largest absolute Gasteiger partial charge is 0.325 e. The maximum absolute atomic E-state index is 13.6. The first kappa shape index (κ1) is 22.1. The third-order valence-electron chi connectivity index (χ3n) is 4.69. The highest BCUT2D eigenvalue weighted by Crippen LogP contribution is 2.40. The molecule has 0 aliphatic carbocycles. The van der Waals surface area contributed by atoms with Crippen molar-refractivity contribution in [2.75, 3.05) is 25.4 Å². The lowest BCUT2D eigenvalue weighted by atomic mass is 10.1. The Labute approximate surface area is 180 Å². The number of carbonyl (C=O) groups excluding carboxylic acids is 1. The number of nitrogens with zero attached hydrogens (tertiary/aromatic N) is 2. The molecule has 3 rings (SSSR count). The molecule has 1 heterocycles. The lowest BCUT2D eigenvalue weighted by Crippen LogP contribution is -2.41. The first-order valence-corrected chi connectivity index (χ1v) is 11.1. The average molecular weight is 439 g/mol. The second-order valence-electron chi connectivity index (χ2n) is 7.67. The maximum Gasteiger partial charge on any atom is 0.237 e. The molecule has 29 heavy (non-hydrogen) atoms. The summed E-state index contributed by atoms with van der Waals surface area (Å²) < 4.78 is 27.2. The van der Waals surface area contributed by atoms with Gasteiger partial charge in [-0.2, -0.15) is 0 Å². The fourth-order valence-electron chi connectivity index (χ4n) is 3.60. The molecule has 1 aliphatic heterocycles. The van der Waals surface area contributed by atoms with Crippen LogP contribution in [0, 0.1) is 17.6 Å². The van der Waals surface area contributed by atoms with Crippen LogP contribution in [0.3, 0.4) is 0 Å². The summed E-state index contributed by atoms with van der Waals surface area (Å²) in [7, 11) is 0. The molecular formula is C22H25ClF2N2OS. The molecule has 0 N–H and O–H groups in total. The molecule has 156 valence electrons.